The number of pyridine rings is 1. The number of rotatable bonds is 6. The van der Waals surface area contributed by atoms with Crippen LogP contribution in [0.15, 0.2) is 76.7 Å². The van der Waals surface area contributed by atoms with Gasteiger partial charge in [0.15, 0.2) is 11.6 Å². The van der Waals surface area contributed by atoms with E-state index >= 15 is 0 Å². The minimum atomic E-state index is -0.494. The number of allylic oxidation sites excluding steroid dienone is 3. The smallest absolute Gasteiger partial charge is 0.173 e. The van der Waals surface area contributed by atoms with Crippen LogP contribution in [0.4, 0.5) is 0 Å². The Morgan fingerprint density at radius 2 is 1.96 bits per heavy atom. The number of hydrogen-bond acceptors (Lipinski definition) is 6. The Morgan fingerprint density at radius 1 is 1.21 bits per heavy atom. The molecule has 0 spiro atoms. The summed E-state index contributed by atoms with van der Waals surface area (Å²) in [5, 5.41) is 13.6. The van der Waals surface area contributed by atoms with E-state index in [2.05, 4.69) is 16.4 Å². The third kappa shape index (κ3) is 4.05. The Labute approximate surface area is 168 Å². The third-order valence-corrected chi connectivity index (χ3v) is 5.51. The minimum Gasteiger partial charge on any atom is -0.353 e. The van der Waals surface area contributed by atoms with Crippen molar-refractivity contribution in [3.05, 3.63) is 87.9 Å². The van der Waals surface area contributed by atoms with Crippen LogP contribution in [0.3, 0.4) is 0 Å². The Hall–Kier alpha value is -3.17. The summed E-state index contributed by atoms with van der Waals surface area (Å²) in [7, 11) is 0. The number of carbonyl (C=O) groups excluding carboxylic acids is 2. The molecule has 1 aromatic carbocycles. The van der Waals surface area contributed by atoms with Gasteiger partial charge in [0.05, 0.1) is 28.3 Å². The van der Waals surface area contributed by atoms with Gasteiger partial charge in [-0.15, -0.1) is 0 Å². The van der Waals surface area contributed by atoms with Gasteiger partial charge in [-0.1, -0.05) is 48.2 Å². The van der Waals surface area contributed by atoms with Crippen LogP contribution in [0.25, 0.3) is 0 Å². The molecule has 1 atom stereocenters. The number of benzene rings is 1. The number of nitrogens with one attached hydrogen (secondary N) is 1. The third-order valence-electron chi connectivity index (χ3n) is 4.49. The molecule has 5 nitrogen and oxygen atoms in total. The molecular formula is C22H19N3O2S. The van der Waals surface area contributed by atoms with E-state index in [0.29, 0.717) is 27.4 Å². The summed E-state index contributed by atoms with van der Waals surface area (Å²) in [5.74, 6) is -0.420. The number of hydrogen-bond donors (Lipinski definition) is 1. The van der Waals surface area contributed by atoms with Crippen LogP contribution in [0.1, 0.15) is 35.7 Å². The zero-order chi connectivity index (χ0) is 20.1. The maximum absolute atomic E-state index is 12.5. The molecule has 3 rings (SSSR count). The first-order chi connectivity index (χ1) is 13.5. The van der Waals surface area contributed by atoms with Crippen LogP contribution in [0, 0.1) is 11.3 Å². The lowest BCUT2D eigenvalue weighted by Crippen LogP contribution is -2.27. The number of nitriles is 1. The highest BCUT2D eigenvalue weighted by molar-refractivity contribution is 8.03. The number of ketones is 2. The summed E-state index contributed by atoms with van der Waals surface area (Å²) in [5.41, 5.74) is 3.07. The Kier molecular flexibility index (Phi) is 6.07. The van der Waals surface area contributed by atoms with E-state index < -0.39 is 5.92 Å². The van der Waals surface area contributed by atoms with Gasteiger partial charge in [0.1, 0.15) is 0 Å². The highest BCUT2D eigenvalue weighted by atomic mass is 32.2. The predicted molar refractivity (Wildman–Crippen MR) is 109 cm³/mol. The van der Waals surface area contributed by atoms with E-state index in [0.717, 1.165) is 5.56 Å². The molecule has 1 N–H and O–H groups in total. The van der Waals surface area contributed by atoms with Gasteiger partial charge in [0.2, 0.25) is 0 Å². The van der Waals surface area contributed by atoms with Crippen LogP contribution >= 0.6 is 11.8 Å². The highest BCUT2D eigenvalue weighted by Gasteiger charge is 2.33. The molecule has 0 fully saturated rings. The molecule has 0 aliphatic carbocycles. The van der Waals surface area contributed by atoms with Crippen LogP contribution in [-0.4, -0.2) is 22.3 Å². The average Bonchev–Trinajstić information content (AvgIpc) is 2.72. The molecule has 6 heteroatoms. The largest absolute Gasteiger partial charge is 0.353 e. The number of dihydropyridines is 1. The van der Waals surface area contributed by atoms with Crippen molar-refractivity contribution in [3.63, 3.8) is 0 Å². The summed E-state index contributed by atoms with van der Waals surface area (Å²) in [6.45, 7) is 3.31. The molecule has 2 aromatic rings. The second-order valence-electron chi connectivity index (χ2n) is 6.37. The summed E-state index contributed by atoms with van der Waals surface area (Å²) < 4.78 is 0. The highest BCUT2D eigenvalue weighted by Crippen LogP contribution is 2.40. The molecule has 0 bridgehead atoms. The molecule has 0 radical (unpaired) electrons. The predicted octanol–water partition coefficient (Wildman–Crippen LogP) is 3.98. The van der Waals surface area contributed by atoms with Crippen molar-refractivity contribution < 1.29 is 9.59 Å². The normalized spacial score (nSPS) is 16.4. The van der Waals surface area contributed by atoms with E-state index in [9.17, 15) is 14.9 Å². The topological polar surface area (TPSA) is 82.9 Å². The van der Waals surface area contributed by atoms with Crippen molar-refractivity contribution in [1.29, 1.82) is 5.26 Å². The zero-order valence-electron chi connectivity index (χ0n) is 15.6. The van der Waals surface area contributed by atoms with E-state index in [1.807, 2.05) is 31.2 Å². The number of thioether (sulfide) groups is 1. The lowest BCUT2D eigenvalue weighted by atomic mass is 9.81. The van der Waals surface area contributed by atoms with Gasteiger partial charge in [-0.3, -0.25) is 14.6 Å². The zero-order valence-corrected chi connectivity index (χ0v) is 16.4. The quantitative estimate of drug-likeness (QED) is 0.753. The molecule has 28 heavy (non-hydrogen) atoms. The van der Waals surface area contributed by atoms with Crippen molar-refractivity contribution in [3.8, 4) is 6.07 Å². The number of aromatic nitrogens is 1. The van der Waals surface area contributed by atoms with Crippen molar-refractivity contribution in [1.82, 2.24) is 10.3 Å². The van der Waals surface area contributed by atoms with Gasteiger partial charge in [0, 0.05) is 29.2 Å². The maximum atomic E-state index is 12.5. The minimum absolute atomic E-state index is 0.0193. The summed E-state index contributed by atoms with van der Waals surface area (Å²) in [6.07, 6.45) is 3.32. The summed E-state index contributed by atoms with van der Waals surface area (Å²) in [6, 6.07) is 14.9. The van der Waals surface area contributed by atoms with Crippen LogP contribution < -0.4 is 5.32 Å². The van der Waals surface area contributed by atoms with Crippen LogP contribution in [-0.2, 0) is 4.79 Å². The summed E-state index contributed by atoms with van der Waals surface area (Å²) >= 11 is 1.28. The molecule has 2 heterocycles. The Bertz CT molecular complexity index is 1010. The molecule has 1 aliphatic rings. The average molecular weight is 389 g/mol. The first-order valence-electron chi connectivity index (χ1n) is 8.77. The fourth-order valence-corrected chi connectivity index (χ4v) is 4.20. The molecular weight excluding hydrogens is 370 g/mol. The molecule has 0 unspecified atom stereocenters. The number of carbonyl (C=O) groups is 2. The maximum Gasteiger partial charge on any atom is 0.173 e. The second kappa shape index (κ2) is 8.68. The Balaban J connectivity index is 1.95. The molecule has 0 saturated heterocycles. The van der Waals surface area contributed by atoms with Gasteiger partial charge >= 0.3 is 0 Å². The van der Waals surface area contributed by atoms with E-state index in [4.69, 9.17) is 0 Å². The van der Waals surface area contributed by atoms with Crippen LogP contribution in [0.5, 0.6) is 0 Å². The molecule has 0 saturated carbocycles. The Morgan fingerprint density at radius 3 is 2.57 bits per heavy atom. The van der Waals surface area contributed by atoms with Crippen LogP contribution in [0.2, 0.25) is 0 Å². The first-order valence-corrected chi connectivity index (χ1v) is 9.75. The number of nitrogens with zero attached hydrogens (tertiary/aromatic N) is 2. The van der Waals surface area contributed by atoms with Crippen molar-refractivity contribution in [2.45, 2.75) is 19.8 Å². The molecule has 140 valence electrons. The van der Waals surface area contributed by atoms with Crippen molar-refractivity contribution >= 4 is 23.3 Å². The van der Waals surface area contributed by atoms with Crippen molar-refractivity contribution in [2.24, 2.45) is 0 Å². The fourth-order valence-electron chi connectivity index (χ4n) is 3.22. The summed E-state index contributed by atoms with van der Waals surface area (Å²) in [4.78, 5) is 28.9. The fraction of sp³-hybridized carbons (Fsp3) is 0.182. The van der Waals surface area contributed by atoms with Gasteiger partial charge in [0.25, 0.3) is 0 Å². The van der Waals surface area contributed by atoms with Gasteiger partial charge in [-0.2, -0.15) is 5.26 Å². The standard InChI is InChI=1S/C22H19N3O2S/c1-14-20(15(2)26)21(17-9-6-10-24-12-17)18(11-23)22(25-14)28-13-19(27)16-7-4-3-5-8-16/h3-10,12,21,25H,13H2,1-2H3/t21-/m1/s1. The van der Waals surface area contributed by atoms with Crippen molar-refractivity contribution in [2.75, 3.05) is 5.75 Å². The van der Waals surface area contributed by atoms with E-state index in [1.54, 1.807) is 30.6 Å². The molecule has 0 amide bonds. The second-order valence-corrected chi connectivity index (χ2v) is 7.36. The SMILES string of the molecule is CC(=O)C1=C(C)NC(SCC(=O)c2ccccc2)=C(C#N)[C@H]1c1cccnc1. The van der Waals surface area contributed by atoms with Gasteiger partial charge < -0.3 is 5.32 Å². The van der Waals surface area contributed by atoms with E-state index in [-0.39, 0.29) is 17.3 Å². The lowest BCUT2D eigenvalue weighted by molar-refractivity contribution is -0.113. The van der Waals surface area contributed by atoms with Gasteiger partial charge in [-0.25, -0.2) is 0 Å². The first kappa shape index (κ1) is 19.6. The monoisotopic (exact) mass is 389 g/mol. The van der Waals surface area contributed by atoms with E-state index in [1.165, 1.54) is 18.7 Å². The lowest BCUT2D eigenvalue weighted by Gasteiger charge is -2.29. The van der Waals surface area contributed by atoms with Gasteiger partial charge in [-0.05, 0) is 25.5 Å². The molecule has 1 aromatic heterocycles. The number of Topliss-reactive ketones (excluding diaryl/α,β-unsaturated/α-hetero) is 2. The molecule has 1 aliphatic heterocycles.